The molecule has 0 aliphatic heterocycles. The van der Waals surface area contributed by atoms with Gasteiger partial charge in [0.1, 0.15) is 5.75 Å². The summed E-state index contributed by atoms with van der Waals surface area (Å²) < 4.78 is 7.30. The van der Waals surface area contributed by atoms with Crippen molar-refractivity contribution in [2.24, 2.45) is 0 Å². The molecule has 1 aromatic carbocycles. The van der Waals surface area contributed by atoms with Crippen molar-refractivity contribution in [3.63, 3.8) is 0 Å². The molecule has 0 amide bonds. The van der Waals surface area contributed by atoms with E-state index in [1.165, 1.54) is 19.3 Å². The Hall–Kier alpha value is -1.88. The van der Waals surface area contributed by atoms with E-state index in [0.717, 1.165) is 24.5 Å². The van der Waals surface area contributed by atoms with E-state index in [1.807, 2.05) is 24.3 Å². The van der Waals surface area contributed by atoms with Gasteiger partial charge in [0.25, 0.3) is 0 Å². The van der Waals surface area contributed by atoms with E-state index in [4.69, 9.17) is 4.74 Å². The molecule has 0 saturated carbocycles. The number of ether oxygens (including phenoxy) is 1. The molecule has 2 aromatic rings. The third-order valence-corrected chi connectivity index (χ3v) is 3.13. The maximum Gasteiger partial charge on any atom is 0.119 e. The smallest absolute Gasteiger partial charge is 0.119 e. The lowest BCUT2D eigenvalue weighted by atomic mass is 10.2. The van der Waals surface area contributed by atoms with Crippen LogP contribution in [0.25, 0.3) is 5.69 Å². The Morgan fingerprint density at radius 3 is 2.65 bits per heavy atom. The third kappa shape index (κ3) is 3.81. The zero-order valence-corrected chi connectivity index (χ0v) is 11.8. The van der Waals surface area contributed by atoms with Crippen molar-refractivity contribution in [2.45, 2.75) is 39.2 Å². The number of unbranched alkanes of at least 4 members (excludes halogenated alkanes) is 3. The number of aliphatic hydroxyl groups excluding tert-OH is 1. The quantitative estimate of drug-likeness (QED) is 0.752. The predicted octanol–water partition coefficient (Wildman–Crippen LogP) is 2.72. The van der Waals surface area contributed by atoms with Crippen molar-refractivity contribution >= 4 is 0 Å². The number of hydrogen-bond donors (Lipinski definition) is 1. The van der Waals surface area contributed by atoms with Crippen molar-refractivity contribution in [1.82, 2.24) is 15.0 Å². The maximum absolute atomic E-state index is 9.18. The van der Waals surface area contributed by atoms with Crippen molar-refractivity contribution in [1.29, 1.82) is 0 Å². The summed E-state index contributed by atoms with van der Waals surface area (Å²) in [6.45, 7) is 2.87. The van der Waals surface area contributed by atoms with Gasteiger partial charge in [0, 0.05) is 0 Å². The molecule has 1 heterocycles. The van der Waals surface area contributed by atoms with Crippen LogP contribution in [0, 0.1) is 0 Å². The first kappa shape index (κ1) is 14.5. The number of rotatable bonds is 8. The van der Waals surface area contributed by atoms with E-state index in [-0.39, 0.29) is 6.61 Å². The molecule has 0 atom stereocenters. The molecule has 0 aliphatic carbocycles. The molecular formula is C15H21N3O2. The molecule has 0 aliphatic rings. The first-order valence-electron chi connectivity index (χ1n) is 7.09. The van der Waals surface area contributed by atoms with Gasteiger partial charge in [-0.25, -0.2) is 4.68 Å². The molecule has 0 bridgehead atoms. The van der Waals surface area contributed by atoms with Gasteiger partial charge in [-0.1, -0.05) is 31.4 Å². The van der Waals surface area contributed by atoms with Gasteiger partial charge < -0.3 is 9.84 Å². The average molecular weight is 275 g/mol. The molecular weight excluding hydrogens is 254 g/mol. The lowest BCUT2D eigenvalue weighted by molar-refractivity contribution is 0.273. The molecule has 0 fully saturated rings. The van der Waals surface area contributed by atoms with Gasteiger partial charge in [-0.15, -0.1) is 5.10 Å². The molecule has 1 aromatic heterocycles. The Balaban J connectivity index is 1.90. The van der Waals surface area contributed by atoms with E-state index >= 15 is 0 Å². The van der Waals surface area contributed by atoms with Crippen molar-refractivity contribution < 1.29 is 9.84 Å². The van der Waals surface area contributed by atoms with E-state index in [2.05, 4.69) is 17.2 Å². The van der Waals surface area contributed by atoms with E-state index in [0.29, 0.717) is 5.69 Å². The lowest BCUT2D eigenvalue weighted by Gasteiger charge is -2.08. The van der Waals surface area contributed by atoms with Crippen LogP contribution in [-0.4, -0.2) is 26.7 Å². The van der Waals surface area contributed by atoms with Crippen LogP contribution in [-0.2, 0) is 6.61 Å². The Labute approximate surface area is 119 Å². The van der Waals surface area contributed by atoms with Crippen LogP contribution >= 0.6 is 0 Å². The van der Waals surface area contributed by atoms with Crippen LogP contribution in [0.4, 0.5) is 0 Å². The Kier molecular flexibility index (Phi) is 5.55. The summed E-state index contributed by atoms with van der Waals surface area (Å²) in [6.07, 6.45) is 6.36. The van der Waals surface area contributed by atoms with Crippen LogP contribution in [0.3, 0.4) is 0 Å². The van der Waals surface area contributed by atoms with Gasteiger partial charge in [0.05, 0.1) is 30.8 Å². The molecule has 108 valence electrons. The second-order valence-electron chi connectivity index (χ2n) is 4.70. The minimum atomic E-state index is -0.0807. The Bertz CT molecular complexity index is 508. The summed E-state index contributed by atoms with van der Waals surface area (Å²) in [4.78, 5) is 0. The normalized spacial score (nSPS) is 10.7. The van der Waals surface area contributed by atoms with Gasteiger partial charge in [0.15, 0.2) is 0 Å². The Morgan fingerprint density at radius 1 is 1.15 bits per heavy atom. The zero-order valence-electron chi connectivity index (χ0n) is 11.8. The van der Waals surface area contributed by atoms with Gasteiger partial charge in [-0.2, -0.15) is 0 Å². The second-order valence-corrected chi connectivity index (χ2v) is 4.70. The molecule has 1 N–H and O–H groups in total. The SMILES string of the molecule is CCCCCCOc1ccc(-n2nncc2CO)cc1. The molecule has 0 spiro atoms. The van der Waals surface area contributed by atoms with E-state index in [9.17, 15) is 5.11 Å². The van der Waals surface area contributed by atoms with E-state index < -0.39 is 0 Å². The molecule has 2 rings (SSSR count). The molecule has 5 nitrogen and oxygen atoms in total. The molecule has 5 heteroatoms. The van der Waals surface area contributed by atoms with Crippen molar-refractivity contribution in [3.8, 4) is 11.4 Å². The number of aliphatic hydroxyl groups is 1. The number of hydrogen-bond acceptors (Lipinski definition) is 4. The minimum Gasteiger partial charge on any atom is -0.494 e. The highest BCUT2D eigenvalue weighted by molar-refractivity contribution is 5.37. The number of benzene rings is 1. The second kappa shape index (κ2) is 7.65. The standard InChI is InChI=1S/C15H21N3O2/c1-2-3-4-5-10-20-15-8-6-13(7-9-15)18-14(12-19)11-16-17-18/h6-9,11,19H,2-5,10,12H2,1H3. The van der Waals surface area contributed by atoms with Crippen LogP contribution in [0.1, 0.15) is 38.3 Å². The molecule has 0 radical (unpaired) electrons. The minimum absolute atomic E-state index is 0.0807. The first-order chi connectivity index (χ1) is 9.85. The maximum atomic E-state index is 9.18. The monoisotopic (exact) mass is 275 g/mol. The van der Waals surface area contributed by atoms with Crippen LogP contribution in [0.5, 0.6) is 5.75 Å². The fourth-order valence-electron chi connectivity index (χ4n) is 1.98. The topological polar surface area (TPSA) is 60.2 Å². The van der Waals surface area contributed by atoms with Crippen LogP contribution in [0.2, 0.25) is 0 Å². The lowest BCUT2D eigenvalue weighted by Crippen LogP contribution is -2.02. The van der Waals surface area contributed by atoms with Gasteiger partial charge in [-0.3, -0.25) is 0 Å². The van der Waals surface area contributed by atoms with E-state index in [1.54, 1.807) is 10.9 Å². The van der Waals surface area contributed by atoms with Crippen LogP contribution < -0.4 is 4.74 Å². The van der Waals surface area contributed by atoms with Gasteiger partial charge >= 0.3 is 0 Å². The highest BCUT2D eigenvalue weighted by Crippen LogP contribution is 2.16. The fraction of sp³-hybridized carbons (Fsp3) is 0.467. The third-order valence-electron chi connectivity index (χ3n) is 3.13. The number of nitrogens with zero attached hydrogens (tertiary/aromatic N) is 3. The summed E-state index contributed by atoms with van der Waals surface area (Å²) in [5.41, 5.74) is 1.53. The zero-order chi connectivity index (χ0) is 14.2. The summed E-state index contributed by atoms with van der Waals surface area (Å²) in [5, 5.41) is 16.9. The van der Waals surface area contributed by atoms with Crippen LogP contribution in [0.15, 0.2) is 30.5 Å². The summed E-state index contributed by atoms with van der Waals surface area (Å²) >= 11 is 0. The van der Waals surface area contributed by atoms with Crippen molar-refractivity contribution in [2.75, 3.05) is 6.61 Å². The summed E-state index contributed by atoms with van der Waals surface area (Å²) in [7, 11) is 0. The van der Waals surface area contributed by atoms with Crippen molar-refractivity contribution in [3.05, 3.63) is 36.2 Å². The average Bonchev–Trinajstić information content (AvgIpc) is 2.96. The summed E-state index contributed by atoms with van der Waals surface area (Å²) in [5.74, 6) is 0.857. The fourth-order valence-corrected chi connectivity index (χ4v) is 1.98. The number of aromatic nitrogens is 3. The van der Waals surface area contributed by atoms with Gasteiger partial charge in [-0.05, 0) is 30.7 Å². The molecule has 0 saturated heterocycles. The highest BCUT2D eigenvalue weighted by atomic mass is 16.5. The Morgan fingerprint density at radius 2 is 1.95 bits per heavy atom. The van der Waals surface area contributed by atoms with Gasteiger partial charge in [0.2, 0.25) is 0 Å². The molecule has 0 unspecified atom stereocenters. The predicted molar refractivity (Wildman–Crippen MR) is 76.9 cm³/mol. The molecule has 20 heavy (non-hydrogen) atoms. The first-order valence-corrected chi connectivity index (χ1v) is 7.09. The summed E-state index contributed by atoms with van der Waals surface area (Å²) in [6, 6.07) is 7.65. The largest absolute Gasteiger partial charge is 0.494 e. The highest BCUT2D eigenvalue weighted by Gasteiger charge is 2.05.